The van der Waals surface area contributed by atoms with Crippen LogP contribution < -0.4 is 5.32 Å². The summed E-state index contributed by atoms with van der Waals surface area (Å²) in [5, 5.41) is 3.57. The van der Waals surface area contributed by atoms with Gasteiger partial charge in [0.1, 0.15) is 0 Å². The standard InChI is InChI=1S/C21H33N3/c1-16(2)13-20-14-22-21(23-19-7-5-4-6-8-19)24(20)15-18-11-9-17(3)10-12-18/h4-8,16-18,20H,9-15H2,1-3H3,(H,22,23)/t17?,18?,20-/m0/s1. The van der Waals surface area contributed by atoms with E-state index in [2.05, 4.69) is 61.3 Å². The number of nitrogens with one attached hydrogen (secondary N) is 1. The number of guanidine groups is 1. The second kappa shape index (κ2) is 8.04. The van der Waals surface area contributed by atoms with Gasteiger partial charge in [0.05, 0.1) is 12.6 Å². The average molecular weight is 328 g/mol. The van der Waals surface area contributed by atoms with Gasteiger partial charge >= 0.3 is 0 Å². The van der Waals surface area contributed by atoms with Gasteiger partial charge < -0.3 is 10.2 Å². The van der Waals surface area contributed by atoms with Crippen molar-refractivity contribution in [1.29, 1.82) is 0 Å². The van der Waals surface area contributed by atoms with Gasteiger partial charge in [-0.25, -0.2) is 0 Å². The Morgan fingerprint density at radius 1 is 1.12 bits per heavy atom. The van der Waals surface area contributed by atoms with Crippen molar-refractivity contribution >= 4 is 11.6 Å². The lowest BCUT2D eigenvalue weighted by molar-refractivity contribution is 0.207. The predicted octanol–water partition coefficient (Wildman–Crippen LogP) is 5.01. The Balaban J connectivity index is 1.67. The topological polar surface area (TPSA) is 27.6 Å². The molecule has 0 aromatic heterocycles. The molecule has 1 aromatic carbocycles. The van der Waals surface area contributed by atoms with Crippen molar-refractivity contribution in [3.63, 3.8) is 0 Å². The van der Waals surface area contributed by atoms with E-state index in [9.17, 15) is 0 Å². The molecule has 0 spiro atoms. The van der Waals surface area contributed by atoms with Gasteiger partial charge in [-0.05, 0) is 49.1 Å². The van der Waals surface area contributed by atoms with Gasteiger partial charge in [0.2, 0.25) is 0 Å². The molecule has 0 radical (unpaired) electrons. The normalized spacial score (nSPS) is 27.4. The van der Waals surface area contributed by atoms with E-state index < -0.39 is 0 Å². The first-order valence-corrected chi connectivity index (χ1v) is 9.75. The minimum absolute atomic E-state index is 0.565. The van der Waals surface area contributed by atoms with Crippen molar-refractivity contribution in [2.45, 2.75) is 58.9 Å². The molecular formula is C21H33N3. The molecular weight excluding hydrogens is 294 g/mol. The van der Waals surface area contributed by atoms with Crippen LogP contribution in [0, 0.1) is 17.8 Å². The molecule has 1 N–H and O–H groups in total. The number of para-hydroxylation sites is 1. The molecule has 1 atom stereocenters. The summed E-state index contributed by atoms with van der Waals surface area (Å²) >= 11 is 0. The van der Waals surface area contributed by atoms with Crippen molar-refractivity contribution in [2.75, 3.05) is 18.4 Å². The van der Waals surface area contributed by atoms with Crippen LogP contribution in [0.3, 0.4) is 0 Å². The molecule has 1 aliphatic heterocycles. The fraction of sp³-hybridized carbons (Fsp3) is 0.667. The number of anilines is 1. The van der Waals surface area contributed by atoms with Crippen LogP contribution in [0.1, 0.15) is 52.9 Å². The highest BCUT2D eigenvalue weighted by molar-refractivity contribution is 5.95. The van der Waals surface area contributed by atoms with Gasteiger partial charge in [-0.1, -0.05) is 51.8 Å². The van der Waals surface area contributed by atoms with E-state index in [1.54, 1.807) is 0 Å². The van der Waals surface area contributed by atoms with Crippen molar-refractivity contribution in [1.82, 2.24) is 4.90 Å². The highest BCUT2D eigenvalue weighted by atomic mass is 15.4. The molecule has 3 heteroatoms. The van der Waals surface area contributed by atoms with E-state index in [1.807, 2.05) is 0 Å². The molecule has 3 rings (SSSR count). The Morgan fingerprint density at radius 3 is 2.50 bits per heavy atom. The van der Waals surface area contributed by atoms with E-state index in [0.717, 1.165) is 35.9 Å². The van der Waals surface area contributed by atoms with Gasteiger partial charge in [-0.3, -0.25) is 4.99 Å². The first-order valence-electron chi connectivity index (χ1n) is 9.75. The Labute approximate surface area is 147 Å². The molecule has 1 saturated carbocycles. The summed E-state index contributed by atoms with van der Waals surface area (Å²) in [4.78, 5) is 7.44. The molecule has 0 saturated heterocycles. The summed E-state index contributed by atoms with van der Waals surface area (Å²) in [6, 6.07) is 11.0. The zero-order chi connectivity index (χ0) is 16.9. The molecule has 0 amide bonds. The number of benzene rings is 1. The highest BCUT2D eigenvalue weighted by Gasteiger charge is 2.31. The van der Waals surface area contributed by atoms with E-state index >= 15 is 0 Å². The van der Waals surface area contributed by atoms with E-state index in [0.29, 0.717) is 6.04 Å². The molecule has 0 unspecified atom stereocenters. The van der Waals surface area contributed by atoms with Crippen molar-refractivity contribution < 1.29 is 0 Å². The third-order valence-electron chi connectivity index (χ3n) is 5.53. The summed E-state index contributed by atoms with van der Waals surface area (Å²) in [6.07, 6.45) is 6.78. The predicted molar refractivity (Wildman–Crippen MR) is 103 cm³/mol. The first-order chi connectivity index (χ1) is 11.6. The van der Waals surface area contributed by atoms with Gasteiger partial charge in [0.25, 0.3) is 0 Å². The molecule has 3 nitrogen and oxygen atoms in total. The second-order valence-electron chi connectivity index (χ2n) is 8.22. The molecule has 132 valence electrons. The molecule has 1 heterocycles. The number of rotatable bonds is 5. The second-order valence-corrected chi connectivity index (χ2v) is 8.22. The maximum atomic E-state index is 4.86. The number of aliphatic imine (C=N–C) groups is 1. The minimum Gasteiger partial charge on any atom is -0.338 e. The quantitative estimate of drug-likeness (QED) is 0.823. The lowest BCUT2D eigenvalue weighted by atomic mass is 9.82. The Bertz CT molecular complexity index is 529. The van der Waals surface area contributed by atoms with E-state index in [4.69, 9.17) is 4.99 Å². The first kappa shape index (κ1) is 17.3. The maximum Gasteiger partial charge on any atom is 0.198 e. The van der Waals surface area contributed by atoms with Crippen molar-refractivity contribution in [3.05, 3.63) is 30.3 Å². The van der Waals surface area contributed by atoms with Crippen LogP contribution in [0.2, 0.25) is 0 Å². The Hall–Kier alpha value is -1.51. The van der Waals surface area contributed by atoms with E-state index in [-0.39, 0.29) is 0 Å². The zero-order valence-corrected chi connectivity index (χ0v) is 15.5. The van der Waals surface area contributed by atoms with Gasteiger partial charge in [0.15, 0.2) is 5.96 Å². The van der Waals surface area contributed by atoms with Crippen LogP contribution in [0.15, 0.2) is 35.3 Å². The summed E-state index contributed by atoms with van der Waals surface area (Å²) < 4.78 is 0. The Kier molecular flexibility index (Phi) is 5.80. The fourth-order valence-electron chi connectivity index (χ4n) is 4.09. The number of nitrogens with zero attached hydrogens (tertiary/aromatic N) is 2. The SMILES string of the molecule is CC(C)C[C@H]1CN=C(Nc2ccccc2)N1CC1CCC(C)CC1. The lowest BCUT2D eigenvalue weighted by Crippen LogP contribution is -2.44. The lowest BCUT2D eigenvalue weighted by Gasteiger charge is -2.35. The summed E-state index contributed by atoms with van der Waals surface area (Å²) in [5.41, 5.74) is 1.14. The van der Waals surface area contributed by atoms with Crippen LogP contribution in [0.5, 0.6) is 0 Å². The fourth-order valence-corrected chi connectivity index (χ4v) is 4.09. The molecule has 0 bridgehead atoms. The highest BCUT2D eigenvalue weighted by Crippen LogP contribution is 2.31. The van der Waals surface area contributed by atoms with Gasteiger partial charge in [-0.2, -0.15) is 0 Å². The summed E-state index contributed by atoms with van der Waals surface area (Å²) in [5.74, 6) is 3.55. The molecule has 2 aliphatic rings. The van der Waals surface area contributed by atoms with Gasteiger partial charge in [-0.15, -0.1) is 0 Å². The van der Waals surface area contributed by atoms with Crippen LogP contribution in [-0.2, 0) is 0 Å². The van der Waals surface area contributed by atoms with Crippen LogP contribution in [0.25, 0.3) is 0 Å². The minimum atomic E-state index is 0.565. The maximum absolute atomic E-state index is 4.86. The van der Waals surface area contributed by atoms with Crippen LogP contribution >= 0.6 is 0 Å². The molecule has 1 aliphatic carbocycles. The summed E-state index contributed by atoms with van der Waals surface area (Å²) in [7, 11) is 0. The molecule has 1 fully saturated rings. The van der Waals surface area contributed by atoms with Crippen LogP contribution in [-0.4, -0.2) is 30.0 Å². The summed E-state index contributed by atoms with van der Waals surface area (Å²) in [6.45, 7) is 9.16. The average Bonchev–Trinajstić information content (AvgIpc) is 2.92. The van der Waals surface area contributed by atoms with Gasteiger partial charge in [0, 0.05) is 12.2 Å². The smallest absolute Gasteiger partial charge is 0.198 e. The van der Waals surface area contributed by atoms with Crippen LogP contribution in [0.4, 0.5) is 5.69 Å². The Morgan fingerprint density at radius 2 is 1.83 bits per heavy atom. The molecule has 24 heavy (non-hydrogen) atoms. The zero-order valence-electron chi connectivity index (χ0n) is 15.5. The number of hydrogen-bond acceptors (Lipinski definition) is 3. The van der Waals surface area contributed by atoms with E-state index in [1.165, 1.54) is 38.6 Å². The third kappa shape index (κ3) is 4.52. The number of hydrogen-bond donors (Lipinski definition) is 1. The third-order valence-corrected chi connectivity index (χ3v) is 5.53. The van der Waals surface area contributed by atoms with Crippen molar-refractivity contribution in [2.24, 2.45) is 22.7 Å². The largest absolute Gasteiger partial charge is 0.338 e. The molecule has 1 aromatic rings. The van der Waals surface area contributed by atoms with Crippen molar-refractivity contribution in [3.8, 4) is 0 Å². The monoisotopic (exact) mass is 327 g/mol.